The summed E-state index contributed by atoms with van der Waals surface area (Å²) in [7, 11) is 0. The van der Waals surface area contributed by atoms with Crippen molar-refractivity contribution in [2.75, 3.05) is 18.4 Å². The average Bonchev–Trinajstić information content (AvgIpc) is 2.67. The standard InChI is InChI=1S/C20H21ClFN3O3/c21-18-11-14(22)4-5-17(18)19(26)24-16-3-1-2-13(10-16)12-23-15-6-8-25(9-7-15)20(27)28/h1-5,10-11,15,23H,6-9,12H2,(H,24,26)(H,27,28). The van der Waals surface area contributed by atoms with Crippen LogP contribution in [0.15, 0.2) is 42.5 Å². The largest absolute Gasteiger partial charge is 0.465 e. The molecule has 0 unspecified atom stereocenters. The Morgan fingerprint density at radius 3 is 2.61 bits per heavy atom. The van der Waals surface area contributed by atoms with E-state index >= 15 is 0 Å². The molecule has 1 saturated heterocycles. The highest BCUT2D eigenvalue weighted by Crippen LogP contribution is 2.20. The Hall–Kier alpha value is -2.64. The number of likely N-dealkylation sites (tertiary alicyclic amines) is 1. The van der Waals surface area contributed by atoms with Gasteiger partial charge in [-0.1, -0.05) is 23.7 Å². The maximum Gasteiger partial charge on any atom is 0.407 e. The molecular formula is C20H21ClFN3O3. The second-order valence-electron chi connectivity index (χ2n) is 6.70. The molecule has 0 spiro atoms. The van der Waals surface area contributed by atoms with Crippen LogP contribution in [-0.4, -0.2) is 41.1 Å². The van der Waals surface area contributed by atoms with Gasteiger partial charge in [0.1, 0.15) is 5.82 Å². The number of benzene rings is 2. The first-order chi connectivity index (χ1) is 13.4. The molecule has 0 atom stereocenters. The molecule has 3 rings (SSSR count). The summed E-state index contributed by atoms with van der Waals surface area (Å²) >= 11 is 5.94. The van der Waals surface area contributed by atoms with Crippen molar-refractivity contribution in [3.8, 4) is 0 Å². The second kappa shape index (κ2) is 9.03. The summed E-state index contributed by atoms with van der Waals surface area (Å²) < 4.78 is 13.1. The number of hydrogen-bond acceptors (Lipinski definition) is 3. The van der Waals surface area contributed by atoms with Gasteiger partial charge in [-0.3, -0.25) is 4.79 Å². The summed E-state index contributed by atoms with van der Waals surface area (Å²) in [5.41, 5.74) is 1.81. The monoisotopic (exact) mass is 405 g/mol. The van der Waals surface area contributed by atoms with Crippen LogP contribution in [0, 0.1) is 5.82 Å². The molecule has 2 amide bonds. The van der Waals surface area contributed by atoms with Crippen LogP contribution in [0.2, 0.25) is 5.02 Å². The molecule has 1 heterocycles. The molecule has 1 aliphatic heterocycles. The van der Waals surface area contributed by atoms with Crippen LogP contribution < -0.4 is 10.6 Å². The maximum atomic E-state index is 13.1. The molecule has 3 N–H and O–H groups in total. The van der Waals surface area contributed by atoms with E-state index in [9.17, 15) is 14.0 Å². The number of nitrogens with zero attached hydrogens (tertiary/aromatic N) is 1. The number of piperidine rings is 1. The predicted octanol–water partition coefficient (Wildman–Crippen LogP) is 3.96. The molecule has 0 saturated carbocycles. The number of rotatable bonds is 5. The summed E-state index contributed by atoms with van der Waals surface area (Å²) in [6, 6.07) is 11.3. The van der Waals surface area contributed by atoms with Gasteiger partial charge in [0.15, 0.2) is 0 Å². The fourth-order valence-electron chi connectivity index (χ4n) is 3.17. The van der Waals surface area contributed by atoms with Crippen molar-refractivity contribution in [3.63, 3.8) is 0 Å². The van der Waals surface area contributed by atoms with Gasteiger partial charge in [0.2, 0.25) is 0 Å². The van der Waals surface area contributed by atoms with Gasteiger partial charge in [-0.05, 0) is 48.7 Å². The number of carbonyl (C=O) groups excluding carboxylic acids is 1. The topological polar surface area (TPSA) is 81.7 Å². The minimum atomic E-state index is -0.872. The van der Waals surface area contributed by atoms with Gasteiger partial charge in [0, 0.05) is 31.4 Å². The Labute approximate surface area is 167 Å². The number of anilines is 1. The van der Waals surface area contributed by atoms with Crippen molar-refractivity contribution in [1.29, 1.82) is 0 Å². The molecule has 1 aliphatic rings. The van der Waals surface area contributed by atoms with E-state index in [0.29, 0.717) is 25.3 Å². The Morgan fingerprint density at radius 1 is 1.18 bits per heavy atom. The Bertz CT molecular complexity index is 870. The lowest BCUT2D eigenvalue weighted by Crippen LogP contribution is -2.44. The SMILES string of the molecule is O=C(Nc1cccc(CNC2CCN(C(=O)O)CC2)c1)c1ccc(F)cc1Cl. The zero-order chi connectivity index (χ0) is 20.1. The van der Waals surface area contributed by atoms with E-state index < -0.39 is 17.8 Å². The molecule has 28 heavy (non-hydrogen) atoms. The second-order valence-corrected chi connectivity index (χ2v) is 7.11. The van der Waals surface area contributed by atoms with Crippen LogP contribution >= 0.6 is 11.6 Å². The minimum Gasteiger partial charge on any atom is -0.465 e. The molecular weight excluding hydrogens is 385 g/mol. The first kappa shape index (κ1) is 20.1. The number of carbonyl (C=O) groups is 2. The van der Waals surface area contributed by atoms with E-state index in [4.69, 9.17) is 16.7 Å². The molecule has 0 aromatic heterocycles. The van der Waals surface area contributed by atoms with Gasteiger partial charge in [0.25, 0.3) is 5.91 Å². The minimum absolute atomic E-state index is 0.0584. The van der Waals surface area contributed by atoms with E-state index in [2.05, 4.69) is 10.6 Å². The Balaban J connectivity index is 1.55. The quantitative estimate of drug-likeness (QED) is 0.703. The summed E-state index contributed by atoms with van der Waals surface area (Å²) in [6.07, 6.45) is 0.667. The fraction of sp³-hybridized carbons (Fsp3) is 0.300. The third-order valence-electron chi connectivity index (χ3n) is 4.72. The first-order valence-electron chi connectivity index (χ1n) is 8.99. The van der Waals surface area contributed by atoms with Crippen molar-refractivity contribution < 1.29 is 19.1 Å². The summed E-state index contributed by atoms with van der Waals surface area (Å²) in [5.74, 6) is -0.903. The van der Waals surface area contributed by atoms with Crippen LogP contribution in [-0.2, 0) is 6.54 Å². The number of nitrogens with one attached hydrogen (secondary N) is 2. The summed E-state index contributed by atoms with van der Waals surface area (Å²) in [5, 5.41) is 15.2. The average molecular weight is 406 g/mol. The van der Waals surface area contributed by atoms with Gasteiger partial charge in [-0.15, -0.1) is 0 Å². The van der Waals surface area contributed by atoms with Crippen LogP contribution in [0.4, 0.5) is 14.9 Å². The van der Waals surface area contributed by atoms with E-state index in [0.717, 1.165) is 24.5 Å². The Kier molecular flexibility index (Phi) is 6.49. The smallest absolute Gasteiger partial charge is 0.407 e. The van der Waals surface area contributed by atoms with E-state index in [-0.39, 0.29) is 16.6 Å². The number of halogens is 2. The summed E-state index contributed by atoms with van der Waals surface area (Å²) in [6.45, 7) is 1.67. The van der Waals surface area contributed by atoms with Gasteiger partial charge < -0.3 is 20.6 Å². The molecule has 1 fully saturated rings. The van der Waals surface area contributed by atoms with E-state index in [1.165, 1.54) is 17.0 Å². The molecule has 2 aromatic carbocycles. The van der Waals surface area contributed by atoms with Crippen LogP contribution in [0.3, 0.4) is 0 Å². The maximum absolute atomic E-state index is 13.1. The summed E-state index contributed by atoms with van der Waals surface area (Å²) in [4.78, 5) is 24.7. The first-order valence-corrected chi connectivity index (χ1v) is 9.37. The van der Waals surface area contributed by atoms with Crippen LogP contribution in [0.25, 0.3) is 0 Å². The fourth-order valence-corrected chi connectivity index (χ4v) is 3.42. The molecule has 0 radical (unpaired) electrons. The van der Waals surface area contributed by atoms with Crippen LogP contribution in [0.5, 0.6) is 0 Å². The lowest BCUT2D eigenvalue weighted by molar-refractivity contribution is 0.102. The van der Waals surface area contributed by atoms with Gasteiger partial charge in [0.05, 0.1) is 10.6 Å². The van der Waals surface area contributed by atoms with Crippen molar-refractivity contribution in [1.82, 2.24) is 10.2 Å². The zero-order valence-corrected chi connectivity index (χ0v) is 15.9. The molecule has 0 bridgehead atoms. The van der Waals surface area contributed by atoms with Gasteiger partial charge in [-0.25, -0.2) is 9.18 Å². The normalized spacial score (nSPS) is 14.7. The van der Waals surface area contributed by atoms with Crippen LogP contribution in [0.1, 0.15) is 28.8 Å². The lowest BCUT2D eigenvalue weighted by Gasteiger charge is -2.30. The molecule has 2 aromatic rings. The third kappa shape index (κ3) is 5.21. The van der Waals surface area contributed by atoms with Gasteiger partial charge in [-0.2, -0.15) is 0 Å². The van der Waals surface area contributed by atoms with Crippen molar-refractivity contribution in [3.05, 3.63) is 64.4 Å². The Morgan fingerprint density at radius 2 is 1.93 bits per heavy atom. The highest BCUT2D eigenvalue weighted by atomic mass is 35.5. The van der Waals surface area contributed by atoms with E-state index in [1.807, 2.05) is 18.2 Å². The molecule has 0 aliphatic carbocycles. The molecule has 148 valence electrons. The number of hydrogen-bond donors (Lipinski definition) is 3. The highest BCUT2D eigenvalue weighted by molar-refractivity contribution is 6.34. The van der Waals surface area contributed by atoms with Crippen molar-refractivity contribution >= 4 is 29.3 Å². The number of amides is 2. The van der Waals surface area contributed by atoms with Gasteiger partial charge >= 0.3 is 6.09 Å². The molecule has 8 heteroatoms. The highest BCUT2D eigenvalue weighted by Gasteiger charge is 2.21. The molecule has 6 nitrogen and oxygen atoms in total. The number of carboxylic acid groups (broad SMARTS) is 1. The lowest BCUT2D eigenvalue weighted by atomic mass is 10.0. The predicted molar refractivity (Wildman–Crippen MR) is 105 cm³/mol. The zero-order valence-electron chi connectivity index (χ0n) is 15.1. The van der Waals surface area contributed by atoms with E-state index in [1.54, 1.807) is 6.07 Å². The third-order valence-corrected chi connectivity index (χ3v) is 5.03. The van der Waals surface area contributed by atoms with Crippen molar-refractivity contribution in [2.24, 2.45) is 0 Å². The van der Waals surface area contributed by atoms with Crippen molar-refractivity contribution in [2.45, 2.75) is 25.4 Å².